The predicted molar refractivity (Wildman–Crippen MR) is 114 cm³/mol. The van der Waals surface area contributed by atoms with Crippen LogP contribution >= 0.6 is 23.2 Å². The molecule has 0 spiro atoms. The van der Waals surface area contributed by atoms with Crippen molar-refractivity contribution in [1.82, 2.24) is 14.8 Å². The standard InChI is InChI=1S/C22H21Cl2N3O2/c1-27-21(25-20(26-27)19-17(23)8-5-9-18(19)24)14-10-12-15(13-11-14)22(28)29-16-6-3-2-4-7-16/h5,8-13,16H,2-4,6-7H2,1H3. The highest BCUT2D eigenvalue weighted by Crippen LogP contribution is 2.33. The van der Waals surface area contributed by atoms with E-state index in [2.05, 4.69) is 10.1 Å². The molecule has 1 fully saturated rings. The van der Waals surface area contributed by atoms with Gasteiger partial charge in [0.05, 0.1) is 21.2 Å². The summed E-state index contributed by atoms with van der Waals surface area (Å²) in [5.74, 6) is 0.840. The summed E-state index contributed by atoms with van der Waals surface area (Å²) in [7, 11) is 1.81. The van der Waals surface area contributed by atoms with E-state index < -0.39 is 0 Å². The van der Waals surface area contributed by atoms with E-state index in [0.29, 0.717) is 32.8 Å². The van der Waals surface area contributed by atoms with Gasteiger partial charge in [-0.05, 0) is 49.9 Å². The average molecular weight is 430 g/mol. The molecule has 3 aromatic rings. The minimum Gasteiger partial charge on any atom is -0.459 e. The van der Waals surface area contributed by atoms with Crippen LogP contribution in [-0.2, 0) is 11.8 Å². The van der Waals surface area contributed by atoms with Gasteiger partial charge in [0, 0.05) is 12.6 Å². The molecule has 0 N–H and O–H groups in total. The molecule has 0 atom stereocenters. The van der Waals surface area contributed by atoms with Crippen molar-refractivity contribution in [2.75, 3.05) is 0 Å². The molecule has 1 heterocycles. The fourth-order valence-corrected chi connectivity index (χ4v) is 4.18. The quantitative estimate of drug-likeness (QED) is 0.481. The van der Waals surface area contributed by atoms with Crippen molar-refractivity contribution in [3.8, 4) is 22.8 Å². The topological polar surface area (TPSA) is 57.0 Å². The molecule has 0 amide bonds. The minimum atomic E-state index is -0.273. The second-order valence-electron chi connectivity index (χ2n) is 7.22. The normalized spacial score (nSPS) is 14.7. The SMILES string of the molecule is Cn1nc(-c2c(Cl)cccc2Cl)nc1-c1ccc(C(=O)OC2CCCCC2)cc1. The van der Waals surface area contributed by atoms with Gasteiger partial charge in [0.15, 0.2) is 11.6 Å². The van der Waals surface area contributed by atoms with Gasteiger partial charge in [-0.15, -0.1) is 0 Å². The lowest BCUT2D eigenvalue weighted by molar-refractivity contribution is 0.0211. The Hall–Kier alpha value is -2.37. The van der Waals surface area contributed by atoms with E-state index in [1.165, 1.54) is 6.42 Å². The first-order valence-corrected chi connectivity index (χ1v) is 10.5. The molecule has 2 aromatic carbocycles. The van der Waals surface area contributed by atoms with Gasteiger partial charge in [-0.3, -0.25) is 0 Å². The molecule has 0 radical (unpaired) electrons. The second-order valence-corrected chi connectivity index (χ2v) is 8.04. The van der Waals surface area contributed by atoms with Crippen molar-refractivity contribution in [2.45, 2.75) is 38.2 Å². The molecule has 29 heavy (non-hydrogen) atoms. The monoisotopic (exact) mass is 429 g/mol. The van der Waals surface area contributed by atoms with Crippen LogP contribution in [0.1, 0.15) is 42.5 Å². The van der Waals surface area contributed by atoms with Gasteiger partial charge >= 0.3 is 5.97 Å². The molecule has 4 rings (SSSR count). The third-order valence-electron chi connectivity index (χ3n) is 5.15. The summed E-state index contributed by atoms with van der Waals surface area (Å²) in [4.78, 5) is 17.0. The molecule has 1 saturated carbocycles. The first-order chi connectivity index (χ1) is 14.0. The van der Waals surface area contributed by atoms with Crippen molar-refractivity contribution in [3.63, 3.8) is 0 Å². The van der Waals surface area contributed by atoms with E-state index >= 15 is 0 Å². The van der Waals surface area contributed by atoms with Crippen LogP contribution in [0.15, 0.2) is 42.5 Å². The largest absolute Gasteiger partial charge is 0.459 e. The van der Waals surface area contributed by atoms with Crippen LogP contribution in [0.2, 0.25) is 10.0 Å². The van der Waals surface area contributed by atoms with Crippen LogP contribution < -0.4 is 0 Å². The third kappa shape index (κ3) is 4.31. The highest BCUT2D eigenvalue weighted by molar-refractivity contribution is 6.38. The minimum absolute atomic E-state index is 0.0394. The van der Waals surface area contributed by atoms with Gasteiger partial charge in [-0.2, -0.15) is 5.10 Å². The molecule has 150 valence electrons. The summed E-state index contributed by atoms with van der Waals surface area (Å²) in [6.45, 7) is 0. The number of halogens is 2. The van der Waals surface area contributed by atoms with Crippen LogP contribution in [-0.4, -0.2) is 26.8 Å². The molecule has 0 aliphatic heterocycles. The molecule has 1 aliphatic carbocycles. The Kier molecular flexibility index (Phi) is 5.88. The number of rotatable bonds is 4. The summed E-state index contributed by atoms with van der Waals surface area (Å²) in [6.07, 6.45) is 5.42. The molecule has 0 bridgehead atoms. The Morgan fingerprint density at radius 2 is 1.69 bits per heavy atom. The van der Waals surface area contributed by atoms with Gasteiger partial charge in [-0.1, -0.05) is 47.8 Å². The Bertz CT molecular complexity index is 1000. The van der Waals surface area contributed by atoms with E-state index in [4.69, 9.17) is 27.9 Å². The molecule has 0 unspecified atom stereocenters. The van der Waals surface area contributed by atoms with Crippen molar-refractivity contribution in [3.05, 3.63) is 58.1 Å². The lowest BCUT2D eigenvalue weighted by Gasteiger charge is -2.21. The van der Waals surface area contributed by atoms with Crippen LogP contribution in [0.5, 0.6) is 0 Å². The summed E-state index contributed by atoms with van der Waals surface area (Å²) in [5.41, 5.74) is 1.98. The molecular formula is C22H21Cl2N3O2. The van der Waals surface area contributed by atoms with E-state index in [1.807, 2.05) is 19.2 Å². The Morgan fingerprint density at radius 3 is 2.34 bits per heavy atom. The van der Waals surface area contributed by atoms with Crippen LogP contribution in [0.3, 0.4) is 0 Å². The van der Waals surface area contributed by atoms with E-state index in [1.54, 1.807) is 35.0 Å². The molecule has 5 nitrogen and oxygen atoms in total. The van der Waals surface area contributed by atoms with Gasteiger partial charge in [0.25, 0.3) is 0 Å². The number of ether oxygens (including phenoxy) is 1. The maximum absolute atomic E-state index is 12.4. The second kappa shape index (κ2) is 8.56. The van der Waals surface area contributed by atoms with Crippen LogP contribution in [0.25, 0.3) is 22.8 Å². The fraction of sp³-hybridized carbons (Fsp3) is 0.318. The van der Waals surface area contributed by atoms with Crippen molar-refractivity contribution in [2.24, 2.45) is 7.05 Å². The van der Waals surface area contributed by atoms with Crippen molar-refractivity contribution in [1.29, 1.82) is 0 Å². The number of carbonyl (C=O) groups excluding carboxylic acids is 1. The first kappa shape index (κ1) is 19.9. The number of hydrogen-bond acceptors (Lipinski definition) is 4. The van der Waals surface area contributed by atoms with Crippen molar-refractivity contribution >= 4 is 29.2 Å². The van der Waals surface area contributed by atoms with Gasteiger partial charge < -0.3 is 4.74 Å². The van der Waals surface area contributed by atoms with E-state index in [9.17, 15) is 4.79 Å². The number of hydrogen-bond donors (Lipinski definition) is 0. The van der Waals surface area contributed by atoms with Gasteiger partial charge in [-0.25, -0.2) is 14.5 Å². The zero-order valence-corrected chi connectivity index (χ0v) is 17.6. The highest BCUT2D eigenvalue weighted by atomic mass is 35.5. The summed E-state index contributed by atoms with van der Waals surface area (Å²) < 4.78 is 7.30. The Balaban J connectivity index is 1.55. The Morgan fingerprint density at radius 1 is 1.03 bits per heavy atom. The third-order valence-corrected chi connectivity index (χ3v) is 5.78. The van der Waals surface area contributed by atoms with E-state index in [-0.39, 0.29) is 12.1 Å². The lowest BCUT2D eigenvalue weighted by Crippen LogP contribution is -2.20. The molecule has 7 heteroatoms. The maximum atomic E-state index is 12.4. The summed E-state index contributed by atoms with van der Waals surface area (Å²) in [5, 5.41) is 5.45. The number of nitrogens with zero attached hydrogens (tertiary/aromatic N) is 3. The summed E-state index contributed by atoms with van der Waals surface area (Å²) in [6, 6.07) is 12.5. The van der Waals surface area contributed by atoms with Crippen molar-refractivity contribution < 1.29 is 9.53 Å². The molecule has 1 aromatic heterocycles. The number of esters is 1. The van der Waals surface area contributed by atoms with E-state index in [0.717, 1.165) is 31.2 Å². The number of aromatic nitrogens is 3. The number of benzene rings is 2. The lowest BCUT2D eigenvalue weighted by atomic mass is 9.98. The Labute approximate surface area is 179 Å². The highest BCUT2D eigenvalue weighted by Gasteiger charge is 2.20. The smallest absolute Gasteiger partial charge is 0.338 e. The summed E-state index contributed by atoms with van der Waals surface area (Å²) >= 11 is 12.6. The maximum Gasteiger partial charge on any atom is 0.338 e. The van der Waals surface area contributed by atoms with Crippen LogP contribution in [0, 0.1) is 0 Å². The molecular weight excluding hydrogens is 409 g/mol. The molecule has 0 saturated heterocycles. The van der Waals surface area contributed by atoms with Crippen LogP contribution in [0.4, 0.5) is 0 Å². The zero-order chi connectivity index (χ0) is 20.4. The van der Waals surface area contributed by atoms with Gasteiger partial charge in [0.2, 0.25) is 0 Å². The zero-order valence-electron chi connectivity index (χ0n) is 16.1. The number of carbonyl (C=O) groups is 1. The predicted octanol–water partition coefficient (Wildman–Crippen LogP) is 5.95. The van der Waals surface area contributed by atoms with Gasteiger partial charge in [0.1, 0.15) is 6.10 Å². The number of aryl methyl sites for hydroxylation is 1. The average Bonchev–Trinajstić information content (AvgIpc) is 3.10. The molecule has 1 aliphatic rings. The fourth-order valence-electron chi connectivity index (χ4n) is 3.61. The first-order valence-electron chi connectivity index (χ1n) is 9.70.